The van der Waals surface area contributed by atoms with E-state index in [0.29, 0.717) is 0 Å². The van der Waals surface area contributed by atoms with E-state index in [2.05, 4.69) is 0 Å². The Bertz CT molecular complexity index is 270. The fraction of sp³-hybridized carbons (Fsp3) is 0.714. The van der Waals surface area contributed by atoms with Crippen molar-refractivity contribution in [3.63, 3.8) is 0 Å². The summed E-state index contributed by atoms with van der Waals surface area (Å²) in [5.41, 5.74) is 2.74. The van der Waals surface area contributed by atoms with E-state index in [1.807, 2.05) is 0 Å². The van der Waals surface area contributed by atoms with Crippen molar-refractivity contribution < 1.29 is 24.2 Å². The Kier molecular flexibility index (Phi) is 6.06. The predicted molar refractivity (Wildman–Crippen MR) is 51.5 cm³/mol. The molecule has 0 fully saturated rings. The topological polar surface area (TPSA) is 116 Å². The Labute approximate surface area is 89.2 Å². The maximum Gasteiger partial charge on any atom is 0.259 e. The Morgan fingerprint density at radius 2 is 1.73 bits per heavy atom. The predicted octanol–water partition coefficient (Wildman–Crippen LogP) is -1.09. The van der Waals surface area contributed by atoms with Gasteiger partial charge in [-0.2, -0.15) is 0 Å². The highest BCUT2D eigenvalue weighted by Gasteiger charge is 2.30. The molecular weight excluding hydrogens is 224 g/mol. The van der Waals surface area contributed by atoms with Crippen LogP contribution in [0.1, 0.15) is 20.3 Å². The van der Waals surface area contributed by atoms with Crippen LogP contribution in [0.4, 0.5) is 0 Å². The largest absolute Gasteiger partial charge is 0.289 e. The van der Waals surface area contributed by atoms with Crippen molar-refractivity contribution in [2.45, 2.75) is 30.8 Å². The summed E-state index contributed by atoms with van der Waals surface area (Å²) in [5, 5.41) is 14.7. The van der Waals surface area contributed by atoms with Crippen LogP contribution >= 0.6 is 0 Å². The standard InChI is InChI=1S/C7H14N2O5S/c1-3-5(7(11)9-13)15(14)4(2)6(10)8-12/h4-5,12-13H,3H2,1-2H3,(H,8,10)(H,9,11). The normalized spacial score (nSPS) is 16.3. The third-order valence-corrected chi connectivity index (χ3v) is 3.90. The molecule has 0 aliphatic heterocycles. The van der Waals surface area contributed by atoms with Gasteiger partial charge in [0.1, 0.15) is 10.5 Å². The average molecular weight is 238 g/mol. The lowest BCUT2D eigenvalue weighted by atomic mass is 10.3. The molecule has 15 heavy (non-hydrogen) atoms. The molecule has 0 aromatic carbocycles. The highest BCUT2D eigenvalue weighted by atomic mass is 32.2. The molecule has 7 nitrogen and oxygen atoms in total. The van der Waals surface area contributed by atoms with Crippen molar-refractivity contribution in [3.8, 4) is 0 Å². The summed E-state index contributed by atoms with van der Waals surface area (Å²) in [6.07, 6.45) is 0.210. The molecule has 0 bridgehead atoms. The van der Waals surface area contributed by atoms with Crippen LogP contribution in [0.25, 0.3) is 0 Å². The van der Waals surface area contributed by atoms with Gasteiger partial charge in [-0.1, -0.05) is 6.92 Å². The Morgan fingerprint density at radius 3 is 2.07 bits per heavy atom. The molecule has 2 amide bonds. The summed E-state index contributed by atoms with van der Waals surface area (Å²) in [7, 11) is -1.81. The third kappa shape index (κ3) is 3.57. The fourth-order valence-electron chi connectivity index (χ4n) is 0.970. The smallest absolute Gasteiger partial charge is 0.259 e. The van der Waals surface area contributed by atoms with Crippen LogP contribution in [0.3, 0.4) is 0 Å². The molecule has 0 aromatic rings. The number of rotatable bonds is 5. The first kappa shape index (κ1) is 14.0. The van der Waals surface area contributed by atoms with E-state index in [1.54, 1.807) is 6.92 Å². The quantitative estimate of drug-likeness (QED) is 0.359. The lowest BCUT2D eigenvalue weighted by Gasteiger charge is -2.16. The Hall–Kier alpha value is -0.990. The zero-order valence-corrected chi connectivity index (χ0v) is 9.21. The van der Waals surface area contributed by atoms with Gasteiger partial charge in [0, 0.05) is 10.8 Å². The molecule has 3 atom stereocenters. The van der Waals surface area contributed by atoms with Crippen LogP contribution in [-0.2, 0) is 20.4 Å². The maximum absolute atomic E-state index is 11.6. The number of hydrogen-bond donors (Lipinski definition) is 4. The minimum atomic E-state index is -1.81. The van der Waals surface area contributed by atoms with Gasteiger partial charge in [0.15, 0.2) is 0 Å². The van der Waals surface area contributed by atoms with Crippen molar-refractivity contribution in [3.05, 3.63) is 0 Å². The summed E-state index contributed by atoms with van der Waals surface area (Å²) in [4.78, 5) is 22.0. The van der Waals surface area contributed by atoms with Gasteiger partial charge in [0.25, 0.3) is 11.8 Å². The molecule has 0 saturated carbocycles. The molecule has 4 N–H and O–H groups in total. The minimum Gasteiger partial charge on any atom is -0.289 e. The highest BCUT2D eigenvalue weighted by Crippen LogP contribution is 2.08. The first-order valence-electron chi connectivity index (χ1n) is 4.26. The van der Waals surface area contributed by atoms with Crippen molar-refractivity contribution in [2.24, 2.45) is 0 Å². The minimum absolute atomic E-state index is 0.210. The van der Waals surface area contributed by atoms with Crippen molar-refractivity contribution in [2.75, 3.05) is 0 Å². The summed E-state index contributed by atoms with van der Waals surface area (Å²) < 4.78 is 11.6. The maximum atomic E-state index is 11.6. The molecule has 0 saturated heterocycles. The first-order valence-corrected chi connectivity index (χ1v) is 5.54. The van der Waals surface area contributed by atoms with Crippen LogP contribution in [0.15, 0.2) is 0 Å². The first-order chi connectivity index (χ1) is 6.99. The van der Waals surface area contributed by atoms with Gasteiger partial charge in [-0.25, -0.2) is 11.0 Å². The van der Waals surface area contributed by atoms with Gasteiger partial charge in [0.2, 0.25) is 0 Å². The second kappa shape index (κ2) is 6.49. The Morgan fingerprint density at radius 1 is 1.27 bits per heavy atom. The molecule has 0 rings (SSSR count). The van der Waals surface area contributed by atoms with E-state index in [0.717, 1.165) is 0 Å². The summed E-state index contributed by atoms with van der Waals surface area (Å²) in [6.45, 7) is 2.91. The van der Waals surface area contributed by atoms with Crippen LogP contribution < -0.4 is 11.0 Å². The molecule has 0 radical (unpaired) electrons. The zero-order valence-electron chi connectivity index (χ0n) is 8.39. The molecule has 0 aliphatic carbocycles. The summed E-state index contributed by atoms with van der Waals surface area (Å²) in [5.74, 6) is -1.65. The summed E-state index contributed by atoms with van der Waals surface area (Å²) in [6, 6.07) is 0. The number of amides is 2. The average Bonchev–Trinajstić information content (AvgIpc) is 2.27. The molecule has 8 heteroatoms. The highest BCUT2D eigenvalue weighted by molar-refractivity contribution is 7.87. The van der Waals surface area contributed by atoms with E-state index in [9.17, 15) is 13.8 Å². The van der Waals surface area contributed by atoms with Crippen LogP contribution in [0.5, 0.6) is 0 Å². The molecule has 3 unspecified atom stereocenters. The van der Waals surface area contributed by atoms with Gasteiger partial charge in [-0.05, 0) is 13.3 Å². The molecule has 0 aliphatic rings. The third-order valence-electron chi connectivity index (χ3n) is 1.88. The van der Waals surface area contributed by atoms with E-state index in [4.69, 9.17) is 10.4 Å². The molecule has 88 valence electrons. The van der Waals surface area contributed by atoms with Crippen LogP contribution in [-0.4, -0.2) is 36.9 Å². The molecule has 0 aromatic heterocycles. The van der Waals surface area contributed by atoms with Gasteiger partial charge >= 0.3 is 0 Å². The molecular formula is C7H14N2O5S. The lowest BCUT2D eigenvalue weighted by molar-refractivity contribution is -0.128. The zero-order chi connectivity index (χ0) is 12.0. The van der Waals surface area contributed by atoms with Crippen LogP contribution in [0, 0.1) is 0 Å². The van der Waals surface area contributed by atoms with Gasteiger partial charge < -0.3 is 0 Å². The molecule has 0 spiro atoms. The van der Waals surface area contributed by atoms with Crippen molar-refractivity contribution >= 4 is 22.6 Å². The fourth-order valence-corrected chi connectivity index (χ4v) is 2.32. The second-order valence-electron chi connectivity index (χ2n) is 2.82. The van der Waals surface area contributed by atoms with E-state index >= 15 is 0 Å². The molecule has 0 heterocycles. The second-order valence-corrected chi connectivity index (χ2v) is 4.75. The number of hydrogen-bond acceptors (Lipinski definition) is 5. The van der Waals surface area contributed by atoms with Gasteiger partial charge in [0.05, 0.1) is 0 Å². The SMILES string of the molecule is CCC(C(=O)NO)S(=O)C(C)C(=O)NO. The van der Waals surface area contributed by atoms with Gasteiger partial charge in [-0.15, -0.1) is 0 Å². The number of carbonyl (C=O) groups excluding carboxylic acids is 2. The van der Waals surface area contributed by atoms with Crippen molar-refractivity contribution in [1.82, 2.24) is 11.0 Å². The lowest BCUT2D eigenvalue weighted by Crippen LogP contribution is -2.43. The summed E-state index contributed by atoms with van der Waals surface area (Å²) >= 11 is 0. The number of nitrogens with one attached hydrogen (secondary N) is 2. The van der Waals surface area contributed by atoms with Gasteiger partial charge in [-0.3, -0.25) is 24.2 Å². The Balaban J connectivity index is 4.65. The van der Waals surface area contributed by atoms with E-state index < -0.39 is 33.1 Å². The van der Waals surface area contributed by atoms with Crippen molar-refractivity contribution in [1.29, 1.82) is 0 Å². The van der Waals surface area contributed by atoms with Crippen LogP contribution in [0.2, 0.25) is 0 Å². The van der Waals surface area contributed by atoms with E-state index in [1.165, 1.54) is 17.9 Å². The number of hydroxylamine groups is 2. The van der Waals surface area contributed by atoms with E-state index in [-0.39, 0.29) is 6.42 Å². The monoisotopic (exact) mass is 238 g/mol. The number of carbonyl (C=O) groups is 2.